The van der Waals surface area contributed by atoms with Gasteiger partial charge in [0.15, 0.2) is 4.90 Å². The second kappa shape index (κ2) is 11.6. The number of carbonyl (C=O) groups is 2. The van der Waals surface area contributed by atoms with Crippen LogP contribution < -0.4 is 19.1 Å². The number of sulfonamides is 1. The molecule has 0 spiro atoms. The summed E-state index contributed by atoms with van der Waals surface area (Å²) in [5, 5.41) is 14.2. The van der Waals surface area contributed by atoms with Crippen LogP contribution in [0.3, 0.4) is 0 Å². The molecule has 0 aliphatic carbocycles. The summed E-state index contributed by atoms with van der Waals surface area (Å²) in [6.45, 7) is 0.815. The number of nitrogens with zero attached hydrogens (tertiary/aromatic N) is 2. The van der Waals surface area contributed by atoms with E-state index in [4.69, 9.17) is 14.2 Å². The molecule has 3 aromatic carbocycles. The lowest BCUT2D eigenvalue weighted by Gasteiger charge is -2.26. The zero-order chi connectivity index (χ0) is 28.0. The van der Waals surface area contributed by atoms with Crippen molar-refractivity contribution in [1.82, 2.24) is 0 Å². The zero-order valence-corrected chi connectivity index (χ0v) is 21.8. The van der Waals surface area contributed by atoms with Crippen molar-refractivity contribution in [3.8, 4) is 11.5 Å². The maximum atomic E-state index is 13.8. The minimum atomic E-state index is -4.67. The smallest absolute Gasteiger partial charge is 0.338 e. The molecule has 1 amide bonds. The van der Waals surface area contributed by atoms with Gasteiger partial charge in [0.25, 0.3) is 15.7 Å². The number of hydrogen-bond donors (Lipinski definition) is 1. The first-order valence-electron chi connectivity index (χ1n) is 11.0. The number of nitrogens with one attached hydrogen (secondary N) is 1. The fraction of sp³-hybridized carbons (Fsp3) is 0.200. The van der Waals surface area contributed by atoms with E-state index in [1.165, 1.54) is 69.9 Å². The van der Waals surface area contributed by atoms with Gasteiger partial charge in [-0.25, -0.2) is 13.2 Å². The Hall–Kier alpha value is -4.65. The fourth-order valence-electron chi connectivity index (χ4n) is 3.66. The second-order valence-electron chi connectivity index (χ2n) is 7.79. The largest absolute Gasteiger partial charge is 0.497 e. The summed E-state index contributed by atoms with van der Waals surface area (Å²) in [5.74, 6) is -0.992. The van der Waals surface area contributed by atoms with Crippen LogP contribution in [0.25, 0.3) is 0 Å². The van der Waals surface area contributed by atoms with Gasteiger partial charge >= 0.3 is 5.97 Å². The number of hydrogen-bond acceptors (Lipinski definition) is 9. The fourth-order valence-corrected chi connectivity index (χ4v) is 5.25. The number of rotatable bonds is 10. The van der Waals surface area contributed by atoms with Gasteiger partial charge in [0.2, 0.25) is 5.91 Å². The number of esters is 1. The number of benzene rings is 3. The number of carbonyl (C=O) groups excluding carboxylic acids is 2. The number of anilines is 2. The van der Waals surface area contributed by atoms with Crippen LogP contribution in [0.2, 0.25) is 0 Å². The van der Waals surface area contributed by atoms with Crippen LogP contribution in [-0.2, 0) is 19.6 Å². The summed E-state index contributed by atoms with van der Waals surface area (Å²) in [6, 6.07) is 13.6. The Morgan fingerprint density at radius 1 is 1.00 bits per heavy atom. The summed E-state index contributed by atoms with van der Waals surface area (Å²) in [4.78, 5) is 35.4. The Balaban J connectivity index is 2.10. The quantitative estimate of drug-likeness (QED) is 0.230. The molecule has 3 aromatic rings. The van der Waals surface area contributed by atoms with Crippen LogP contribution in [0.4, 0.5) is 17.1 Å². The van der Waals surface area contributed by atoms with Crippen molar-refractivity contribution >= 4 is 39.0 Å². The van der Waals surface area contributed by atoms with E-state index in [1.54, 1.807) is 6.92 Å². The summed E-state index contributed by atoms with van der Waals surface area (Å²) >= 11 is 0. The van der Waals surface area contributed by atoms with Gasteiger partial charge in [0.05, 0.1) is 37.5 Å². The summed E-state index contributed by atoms with van der Waals surface area (Å²) in [5.41, 5.74) is 0.158. The van der Waals surface area contributed by atoms with Gasteiger partial charge in [0.1, 0.15) is 18.0 Å². The summed E-state index contributed by atoms with van der Waals surface area (Å²) in [6.07, 6.45) is 0. The van der Waals surface area contributed by atoms with Crippen molar-refractivity contribution in [2.24, 2.45) is 0 Å². The first-order chi connectivity index (χ1) is 18.0. The number of methoxy groups -OCH3 is 3. The van der Waals surface area contributed by atoms with Gasteiger partial charge in [-0.15, -0.1) is 0 Å². The van der Waals surface area contributed by atoms with E-state index in [9.17, 15) is 28.1 Å². The third-order valence-corrected chi connectivity index (χ3v) is 7.39. The van der Waals surface area contributed by atoms with Crippen LogP contribution in [0.15, 0.2) is 65.6 Å². The number of amides is 1. The maximum absolute atomic E-state index is 13.8. The third kappa shape index (κ3) is 5.67. The van der Waals surface area contributed by atoms with Gasteiger partial charge < -0.3 is 19.5 Å². The Labute approximate surface area is 218 Å². The molecule has 0 saturated carbocycles. The highest BCUT2D eigenvalue weighted by molar-refractivity contribution is 7.93. The molecule has 0 atom stereocenters. The number of ether oxygens (including phenoxy) is 3. The van der Waals surface area contributed by atoms with Crippen LogP contribution in [0, 0.1) is 17.0 Å². The molecule has 0 aromatic heterocycles. The minimum absolute atomic E-state index is 0.0446. The summed E-state index contributed by atoms with van der Waals surface area (Å²) in [7, 11) is -0.734. The average molecular weight is 544 g/mol. The Kier molecular flexibility index (Phi) is 8.53. The minimum Gasteiger partial charge on any atom is -0.497 e. The molecule has 0 radical (unpaired) electrons. The molecule has 200 valence electrons. The van der Waals surface area contributed by atoms with E-state index < -0.39 is 44.0 Å². The van der Waals surface area contributed by atoms with Crippen LogP contribution in [0.5, 0.6) is 11.5 Å². The molecular formula is C25H25N3O9S. The lowest BCUT2D eigenvalue weighted by molar-refractivity contribution is -0.387. The first kappa shape index (κ1) is 27.9. The number of nitro benzene ring substituents is 1. The predicted molar refractivity (Wildman–Crippen MR) is 138 cm³/mol. The molecule has 38 heavy (non-hydrogen) atoms. The molecule has 3 rings (SSSR count). The van der Waals surface area contributed by atoms with Gasteiger partial charge in [-0.3, -0.25) is 19.2 Å². The Morgan fingerprint density at radius 3 is 2.34 bits per heavy atom. The molecule has 0 bridgehead atoms. The SMILES string of the molecule is COC(=O)c1cccc(NC(=O)CN(c2ccc(OC)cc2OC)S(=O)(=O)c2ccccc2[N+](=O)[O-])c1C. The standard InChI is InChI=1S/C25H25N3O9S/c1-16-18(25(30)37-4)8-7-9-19(16)26-24(29)15-27(20-13-12-17(35-2)14-22(20)36-3)38(33,34)23-11-6-5-10-21(23)28(31)32/h5-14H,15H2,1-4H3,(H,26,29). The summed E-state index contributed by atoms with van der Waals surface area (Å²) < 4.78 is 43.6. The maximum Gasteiger partial charge on any atom is 0.338 e. The predicted octanol–water partition coefficient (Wildman–Crippen LogP) is 3.54. The molecule has 13 heteroatoms. The molecule has 0 unspecified atom stereocenters. The topological polar surface area (TPSA) is 154 Å². The Bertz CT molecular complexity index is 1490. The normalized spacial score (nSPS) is 10.8. The molecule has 12 nitrogen and oxygen atoms in total. The van der Waals surface area contributed by atoms with E-state index in [1.807, 2.05) is 0 Å². The van der Waals surface area contributed by atoms with E-state index in [0.29, 0.717) is 15.6 Å². The van der Waals surface area contributed by atoms with Crippen LogP contribution in [0.1, 0.15) is 15.9 Å². The van der Waals surface area contributed by atoms with Crippen LogP contribution >= 0.6 is 0 Å². The van der Waals surface area contributed by atoms with Gasteiger partial charge in [-0.05, 0) is 42.8 Å². The van der Waals surface area contributed by atoms with Gasteiger partial charge in [-0.2, -0.15) is 0 Å². The Morgan fingerprint density at radius 2 is 1.71 bits per heavy atom. The van der Waals surface area contributed by atoms with Crippen molar-refractivity contribution in [3.05, 3.63) is 81.9 Å². The number of nitro groups is 1. The molecule has 0 aliphatic heterocycles. The van der Waals surface area contributed by atoms with Gasteiger partial charge in [-0.1, -0.05) is 18.2 Å². The molecule has 0 fully saturated rings. The van der Waals surface area contributed by atoms with Gasteiger partial charge in [0, 0.05) is 17.8 Å². The van der Waals surface area contributed by atoms with Crippen molar-refractivity contribution in [3.63, 3.8) is 0 Å². The van der Waals surface area contributed by atoms with Crippen molar-refractivity contribution < 1.29 is 37.1 Å². The van der Waals surface area contributed by atoms with E-state index in [0.717, 1.165) is 12.1 Å². The molecule has 0 saturated heterocycles. The highest BCUT2D eigenvalue weighted by Gasteiger charge is 2.35. The molecule has 1 N–H and O–H groups in total. The van der Waals surface area contributed by atoms with Crippen molar-refractivity contribution in [1.29, 1.82) is 0 Å². The van der Waals surface area contributed by atoms with Crippen molar-refractivity contribution in [2.45, 2.75) is 11.8 Å². The second-order valence-corrected chi connectivity index (χ2v) is 9.62. The van der Waals surface area contributed by atoms with Crippen LogP contribution in [-0.4, -0.2) is 53.1 Å². The lowest BCUT2D eigenvalue weighted by atomic mass is 10.1. The lowest BCUT2D eigenvalue weighted by Crippen LogP contribution is -2.38. The highest BCUT2D eigenvalue weighted by Crippen LogP contribution is 2.37. The molecule has 0 heterocycles. The van der Waals surface area contributed by atoms with E-state index in [-0.39, 0.29) is 22.7 Å². The van der Waals surface area contributed by atoms with Crippen molar-refractivity contribution in [2.75, 3.05) is 37.5 Å². The van der Waals surface area contributed by atoms with E-state index in [2.05, 4.69) is 5.32 Å². The highest BCUT2D eigenvalue weighted by atomic mass is 32.2. The zero-order valence-electron chi connectivity index (χ0n) is 21.0. The molecule has 0 aliphatic rings. The number of para-hydroxylation sites is 1. The third-order valence-electron chi connectivity index (χ3n) is 5.59. The first-order valence-corrected chi connectivity index (χ1v) is 12.4. The average Bonchev–Trinajstić information content (AvgIpc) is 2.92. The van der Waals surface area contributed by atoms with E-state index >= 15 is 0 Å². The monoisotopic (exact) mass is 543 g/mol. The molecular weight excluding hydrogens is 518 g/mol.